The first-order valence-electron chi connectivity index (χ1n) is 3.66. The van der Waals surface area contributed by atoms with E-state index in [4.69, 9.17) is 0 Å². The van der Waals surface area contributed by atoms with Crippen LogP contribution in [0, 0.1) is 23.7 Å². The molecule has 4 aliphatic rings. The molecule has 0 aromatic carbocycles. The molecule has 0 aliphatic heterocycles. The summed E-state index contributed by atoms with van der Waals surface area (Å²) < 4.78 is 0. The predicted molar refractivity (Wildman–Crippen MR) is 30.4 cm³/mol. The Kier molecular flexibility index (Phi) is 0.498. The summed E-state index contributed by atoms with van der Waals surface area (Å²) in [6, 6.07) is 0. The predicted octanol–water partition coefficient (Wildman–Crippen LogP) is -0.0469. The molecule has 0 saturated heterocycles. The molecule has 0 spiro atoms. The van der Waals surface area contributed by atoms with E-state index in [-0.39, 0.29) is 11.8 Å². The third-order valence-electron chi connectivity index (χ3n) is 3.54. The molecule has 2 N–H and O–H groups in total. The van der Waals surface area contributed by atoms with Gasteiger partial charge in [0, 0.05) is 11.8 Å². The van der Waals surface area contributed by atoms with Crippen LogP contribution in [0.2, 0.25) is 0 Å². The molecule has 9 heavy (non-hydrogen) atoms. The van der Waals surface area contributed by atoms with Gasteiger partial charge < -0.3 is 10.2 Å². The van der Waals surface area contributed by atoms with E-state index in [0.717, 1.165) is 12.8 Å². The van der Waals surface area contributed by atoms with Crippen LogP contribution in [0.3, 0.4) is 0 Å². The van der Waals surface area contributed by atoms with Gasteiger partial charge in [-0.1, -0.05) is 0 Å². The van der Waals surface area contributed by atoms with Gasteiger partial charge in [-0.15, -0.1) is 0 Å². The van der Waals surface area contributed by atoms with E-state index in [1.54, 1.807) is 0 Å². The Hall–Kier alpha value is -0.0800. The number of hydrogen-bond acceptors (Lipinski definition) is 2. The smallest absolute Gasteiger partial charge is 0.168 e. The molecule has 2 heteroatoms. The molecule has 0 aromatic rings. The van der Waals surface area contributed by atoms with Crippen LogP contribution in [0.5, 0.6) is 0 Å². The summed E-state index contributed by atoms with van der Waals surface area (Å²) in [5.74, 6) is 0.671. The molecular formula is C7H10O2. The third kappa shape index (κ3) is 0.310. The zero-order valence-corrected chi connectivity index (χ0v) is 5.12. The van der Waals surface area contributed by atoms with E-state index in [2.05, 4.69) is 0 Å². The van der Waals surface area contributed by atoms with Crippen molar-refractivity contribution in [3.8, 4) is 0 Å². The van der Waals surface area contributed by atoms with Crippen LogP contribution >= 0.6 is 0 Å². The fourth-order valence-corrected chi connectivity index (χ4v) is 3.09. The molecule has 0 aromatic heterocycles. The fraction of sp³-hybridized carbons (Fsp3) is 1.00. The first-order chi connectivity index (χ1) is 4.21. The van der Waals surface area contributed by atoms with E-state index in [0.29, 0.717) is 11.8 Å². The van der Waals surface area contributed by atoms with Gasteiger partial charge in [-0.3, -0.25) is 0 Å². The van der Waals surface area contributed by atoms with Crippen LogP contribution in [-0.2, 0) is 0 Å². The second-order valence-electron chi connectivity index (χ2n) is 3.80. The normalized spacial score (nSPS) is 64.7. The van der Waals surface area contributed by atoms with E-state index >= 15 is 0 Å². The van der Waals surface area contributed by atoms with Crippen molar-refractivity contribution in [2.75, 3.05) is 0 Å². The molecule has 4 saturated carbocycles. The van der Waals surface area contributed by atoms with E-state index in [9.17, 15) is 10.2 Å². The van der Waals surface area contributed by atoms with Crippen LogP contribution in [0.25, 0.3) is 0 Å². The summed E-state index contributed by atoms with van der Waals surface area (Å²) in [5, 5.41) is 18.7. The summed E-state index contributed by atoms with van der Waals surface area (Å²) in [6.07, 6.45) is 2.17. The van der Waals surface area contributed by atoms with Crippen molar-refractivity contribution in [2.45, 2.75) is 18.6 Å². The molecule has 4 aliphatic carbocycles. The molecule has 2 atom stereocenters. The van der Waals surface area contributed by atoms with Crippen LogP contribution in [0.1, 0.15) is 12.8 Å². The van der Waals surface area contributed by atoms with Gasteiger partial charge in [0.2, 0.25) is 0 Å². The van der Waals surface area contributed by atoms with Crippen molar-refractivity contribution in [1.29, 1.82) is 0 Å². The Morgan fingerprint density at radius 1 is 1.11 bits per heavy atom. The Morgan fingerprint density at radius 3 is 1.78 bits per heavy atom. The Balaban J connectivity index is 2.12. The summed E-state index contributed by atoms with van der Waals surface area (Å²) in [6.45, 7) is 0. The first-order valence-corrected chi connectivity index (χ1v) is 3.66. The molecule has 0 amide bonds. The van der Waals surface area contributed by atoms with Gasteiger partial charge in [-0.2, -0.15) is 0 Å². The SMILES string of the molecule is OC1(O)C2CC3C(C2)C31. The largest absolute Gasteiger partial charge is 0.365 e. The van der Waals surface area contributed by atoms with Crippen LogP contribution < -0.4 is 0 Å². The molecule has 2 nitrogen and oxygen atoms in total. The van der Waals surface area contributed by atoms with Crippen LogP contribution in [-0.4, -0.2) is 16.0 Å². The highest BCUT2D eigenvalue weighted by Crippen LogP contribution is 2.73. The van der Waals surface area contributed by atoms with Crippen molar-refractivity contribution < 1.29 is 10.2 Å². The molecule has 4 rings (SSSR count). The number of rotatable bonds is 0. The minimum absolute atomic E-state index is 0.234. The number of hydrogen-bond donors (Lipinski definition) is 2. The Morgan fingerprint density at radius 2 is 1.67 bits per heavy atom. The van der Waals surface area contributed by atoms with Crippen LogP contribution in [0.4, 0.5) is 0 Å². The minimum Gasteiger partial charge on any atom is -0.365 e. The standard InChI is InChI=1S/C7H10O2/c8-7(9)3-1-4-5(2-3)6(4)7/h3-6,8-9H,1-2H2. The highest BCUT2D eigenvalue weighted by Gasteiger charge is 2.75. The van der Waals surface area contributed by atoms with Gasteiger partial charge in [-0.05, 0) is 24.7 Å². The zero-order valence-electron chi connectivity index (χ0n) is 5.12. The summed E-state index contributed by atoms with van der Waals surface area (Å²) in [5.41, 5.74) is 0. The second-order valence-corrected chi connectivity index (χ2v) is 3.80. The average Bonchev–Trinajstić information content (AvgIpc) is 2.17. The van der Waals surface area contributed by atoms with Crippen LogP contribution in [0.15, 0.2) is 0 Å². The van der Waals surface area contributed by atoms with Gasteiger partial charge >= 0.3 is 0 Å². The Bertz CT molecular complexity index is 160. The lowest BCUT2D eigenvalue weighted by molar-refractivity contribution is -0.187. The topological polar surface area (TPSA) is 40.5 Å². The lowest BCUT2D eigenvalue weighted by atomic mass is 10.1. The van der Waals surface area contributed by atoms with E-state index < -0.39 is 5.79 Å². The molecule has 0 radical (unpaired) electrons. The maximum absolute atomic E-state index is 9.37. The van der Waals surface area contributed by atoms with Crippen molar-refractivity contribution in [1.82, 2.24) is 0 Å². The van der Waals surface area contributed by atoms with Crippen molar-refractivity contribution >= 4 is 0 Å². The maximum Gasteiger partial charge on any atom is 0.168 e. The third-order valence-corrected chi connectivity index (χ3v) is 3.54. The summed E-state index contributed by atoms with van der Waals surface area (Å²) in [4.78, 5) is 0. The van der Waals surface area contributed by atoms with Gasteiger partial charge in [-0.25, -0.2) is 0 Å². The lowest BCUT2D eigenvalue weighted by Gasteiger charge is -2.18. The second kappa shape index (κ2) is 0.956. The minimum atomic E-state index is -1.24. The van der Waals surface area contributed by atoms with Crippen molar-refractivity contribution in [3.05, 3.63) is 0 Å². The summed E-state index contributed by atoms with van der Waals surface area (Å²) >= 11 is 0. The Labute approximate surface area is 53.5 Å². The van der Waals surface area contributed by atoms with E-state index in [1.165, 1.54) is 0 Å². The highest BCUT2D eigenvalue weighted by molar-refractivity contribution is 5.20. The highest BCUT2D eigenvalue weighted by atomic mass is 16.5. The molecule has 4 fully saturated rings. The van der Waals surface area contributed by atoms with Gasteiger partial charge in [0.05, 0.1) is 0 Å². The molecule has 2 unspecified atom stereocenters. The first kappa shape index (κ1) is 4.69. The average molecular weight is 126 g/mol. The van der Waals surface area contributed by atoms with Gasteiger partial charge in [0.15, 0.2) is 5.79 Å². The molecule has 50 valence electrons. The molecular weight excluding hydrogens is 116 g/mol. The van der Waals surface area contributed by atoms with Gasteiger partial charge in [0.1, 0.15) is 0 Å². The van der Waals surface area contributed by atoms with E-state index in [1.807, 2.05) is 0 Å². The van der Waals surface area contributed by atoms with Gasteiger partial charge in [0.25, 0.3) is 0 Å². The summed E-state index contributed by atoms with van der Waals surface area (Å²) in [7, 11) is 0. The van der Waals surface area contributed by atoms with Crippen molar-refractivity contribution in [3.63, 3.8) is 0 Å². The quantitative estimate of drug-likeness (QED) is 0.447. The monoisotopic (exact) mass is 126 g/mol. The zero-order chi connectivity index (χ0) is 6.22. The fourth-order valence-electron chi connectivity index (χ4n) is 3.09. The molecule has 4 bridgehead atoms. The number of aliphatic hydroxyl groups is 2. The maximum atomic E-state index is 9.37. The lowest BCUT2D eigenvalue weighted by Crippen LogP contribution is -2.32. The van der Waals surface area contributed by atoms with Crippen molar-refractivity contribution in [2.24, 2.45) is 23.7 Å². The molecule has 0 heterocycles.